The van der Waals surface area contributed by atoms with E-state index in [-0.39, 0.29) is 11.3 Å². The highest BCUT2D eigenvalue weighted by Crippen LogP contribution is 2.31. The number of nitrogens with zero attached hydrogens (tertiary/aromatic N) is 2. The summed E-state index contributed by atoms with van der Waals surface area (Å²) in [6.45, 7) is 0. The largest absolute Gasteiger partial charge is 0.416 e. The quantitative estimate of drug-likeness (QED) is 0.374. The second-order valence-corrected chi connectivity index (χ2v) is 3.76. The zero-order valence-electron chi connectivity index (χ0n) is 10.3. The Morgan fingerprint density at radius 2 is 1.95 bits per heavy atom. The van der Waals surface area contributed by atoms with Crippen LogP contribution in [0.25, 0.3) is 0 Å². The van der Waals surface area contributed by atoms with E-state index in [0.29, 0.717) is 12.1 Å². The number of carbonyl (C=O) groups is 1. The molecule has 7 nitrogen and oxygen atoms in total. The van der Waals surface area contributed by atoms with Crippen molar-refractivity contribution in [3.8, 4) is 6.07 Å². The molecule has 21 heavy (non-hydrogen) atoms. The number of hydrogen-bond acceptors (Lipinski definition) is 5. The van der Waals surface area contributed by atoms with Crippen LogP contribution in [-0.4, -0.2) is 17.5 Å². The van der Waals surface area contributed by atoms with E-state index in [9.17, 15) is 18.0 Å². The van der Waals surface area contributed by atoms with Gasteiger partial charge in [0.05, 0.1) is 11.3 Å². The van der Waals surface area contributed by atoms with Crippen molar-refractivity contribution in [1.82, 2.24) is 0 Å². The van der Waals surface area contributed by atoms with Crippen LogP contribution < -0.4 is 16.9 Å². The Balaban J connectivity index is 3.25. The minimum absolute atomic E-state index is 0.229. The lowest BCUT2D eigenvalue weighted by atomic mass is 10.1. The van der Waals surface area contributed by atoms with Gasteiger partial charge in [-0.15, -0.1) is 0 Å². The number of benzene rings is 1. The molecule has 0 aliphatic carbocycles. The molecule has 0 aliphatic rings. The first-order valence-electron chi connectivity index (χ1n) is 5.25. The van der Waals surface area contributed by atoms with Crippen LogP contribution in [0, 0.1) is 16.7 Å². The number of alkyl halides is 3. The van der Waals surface area contributed by atoms with Crippen LogP contribution in [0.5, 0.6) is 0 Å². The second-order valence-electron chi connectivity index (χ2n) is 3.76. The molecule has 0 spiro atoms. The maximum absolute atomic E-state index is 12.7. The second kappa shape index (κ2) is 5.91. The maximum Gasteiger partial charge on any atom is 0.416 e. The predicted molar refractivity (Wildman–Crippen MR) is 68.5 cm³/mol. The van der Waals surface area contributed by atoms with E-state index in [4.69, 9.17) is 22.1 Å². The molecule has 1 rings (SSSR count). The zero-order valence-corrected chi connectivity index (χ0v) is 10.3. The van der Waals surface area contributed by atoms with E-state index in [0.717, 1.165) is 6.07 Å². The monoisotopic (exact) mass is 298 g/mol. The van der Waals surface area contributed by atoms with Crippen LogP contribution in [0.4, 0.5) is 18.9 Å². The number of hydrazone groups is 1. The van der Waals surface area contributed by atoms with Crippen LogP contribution >= 0.6 is 0 Å². The fourth-order valence-electron chi connectivity index (χ4n) is 1.26. The molecule has 1 amide bonds. The molecule has 0 saturated carbocycles. The van der Waals surface area contributed by atoms with E-state index in [1.807, 2.05) is 0 Å². The third kappa shape index (κ3) is 4.20. The number of nitrogens with one attached hydrogen (secondary N) is 2. The summed E-state index contributed by atoms with van der Waals surface area (Å²) < 4.78 is 38.0. The zero-order chi connectivity index (χ0) is 16.2. The van der Waals surface area contributed by atoms with Gasteiger partial charge in [-0.1, -0.05) is 0 Å². The van der Waals surface area contributed by atoms with Gasteiger partial charge in [0.2, 0.25) is 11.6 Å². The molecule has 0 heterocycles. The number of amidine groups is 1. The normalized spacial score (nSPS) is 11.6. The molecule has 6 N–H and O–H groups in total. The third-order valence-electron chi connectivity index (χ3n) is 2.20. The number of halogens is 3. The lowest BCUT2D eigenvalue weighted by molar-refractivity contribution is -0.137. The minimum atomic E-state index is -4.69. The van der Waals surface area contributed by atoms with Crippen molar-refractivity contribution in [3.05, 3.63) is 29.3 Å². The fourth-order valence-corrected chi connectivity index (χ4v) is 1.26. The Morgan fingerprint density at radius 3 is 2.38 bits per heavy atom. The van der Waals surface area contributed by atoms with Crippen molar-refractivity contribution < 1.29 is 18.0 Å². The number of nitrogens with two attached hydrogens (primary N) is 2. The molecular weight excluding hydrogens is 289 g/mol. The lowest BCUT2D eigenvalue weighted by Crippen LogP contribution is -2.22. The van der Waals surface area contributed by atoms with Crippen LogP contribution in [0.1, 0.15) is 15.9 Å². The molecule has 0 fully saturated rings. The number of nitriles is 1. The molecule has 1 aromatic carbocycles. The first kappa shape index (κ1) is 16.0. The minimum Gasteiger partial charge on any atom is -0.382 e. The summed E-state index contributed by atoms with van der Waals surface area (Å²) in [5.41, 5.74) is 9.85. The maximum atomic E-state index is 12.7. The molecule has 0 saturated heterocycles. The topological polar surface area (TPSA) is 141 Å². The highest BCUT2D eigenvalue weighted by atomic mass is 19.4. The summed E-state index contributed by atoms with van der Waals surface area (Å²) in [5.74, 6) is -1.72. The molecular formula is C11H9F3N6O. The van der Waals surface area contributed by atoms with Gasteiger partial charge in [0.1, 0.15) is 6.07 Å². The Bertz CT molecular complexity index is 659. The molecule has 10 heteroatoms. The van der Waals surface area contributed by atoms with Gasteiger partial charge in [-0.3, -0.25) is 15.6 Å². The summed E-state index contributed by atoms with van der Waals surface area (Å²) in [5, 5.41) is 19.0. The van der Waals surface area contributed by atoms with Gasteiger partial charge in [-0.2, -0.15) is 23.5 Å². The Morgan fingerprint density at radius 1 is 1.33 bits per heavy atom. The van der Waals surface area contributed by atoms with Gasteiger partial charge in [-0.05, 0) is 18.2 Å². The first-order valence-corrected chi connectivity index (χ1v) is 5.25. The van der Waals surface area contributed by atoms with Crippen LogP contribution in [-0.2, 0) is 6.18 Å². The van der Waals surface area contributed by atoms with Gasteiger partial charge in [0.25, 0.3) is 0 Å². The van der Waals surface area contributed by atoms with Gasteiger partial charge in [0.15, 0.2) is 5.84 Å². The number of carbonyl (C=O) groups excluding carboxylic acids is 1. The number of anilines is 1. The van der Waals surface area contributed by atoms with Gasteiger partial charge in [0, 0.05) is 5.56 Å². The van der Waals surface area contributed by atoms with Gasteiger partial charge < -0.3 is 11.5 Å². The Hall–Kier alpha value is -3.09. The van der Waals surface area contributed by atoms with Crippen molar-refractivity contribution in [1.29, 1.82) is 10.7 Å². The predicted octanol–water partition coefficient (Wildman–Crippen LogP) is 1.03. The number of hydrogen-bond donors (Lipinski definition) is 4. The summed E-state index contributed by atoms with van der Waals surface area (Å²) in [6.07, 6.45) is -4.69. The molecule has 0 unspecified atom stereocenters. The first-order chi connectivity index (χ1) is 9.65. The molecule has 0 aromatic heterocycles. The van der Waals surface area contributed by atoms with Crippen molar-refractivity contribution >= 4 is 23.1 Å². The molecule has 0 radical (unpaired) electrons. The standard InChI is InChI=1S/C11H9F3N6O/c12-11(13,14)6-1-5(10(18)21)2-7(3-6)19-20-8(4-15)9(16)17/h1-3,19H,(H3,16,17)(H2,18,21)/b20-8+. The Kier molecular flexibility index (Phi) is 4.49. The van der Waals surface area contributed by atoms with Crippen molar-refractivity contribution in [2.24, 2.45) is 16.6 Å². The van der Waals surface area contributed by atoms with Crippen LogP contribution in [0.15, 0.2) is 23.3 Å². The van der Waals surface area contributed by atoms with Crippen molar-refractivity contribution in [2.75, 3.05) is 5.43 Å². The highest BCUT2D eigenvalue weighted by molar-refractivity contribution is 6.45. The van der Waals surface area contributed by atoms with Gasteiger partial charge in [-0.25, -0.2) is 0 Å². The summed E-state index contributed by atoms with van der Waals surface area (Å²) in [6, 6.07) is 3.76. The van der Waals surface area contributed by atoms with E-state index >= 15 is 0 Å². The number of rotatable bonds is 4. The van der Waals surface area contributed by atoms with E-state index in [1.54, 1.807) is 0 Å². The van der Waals surface area contributed by atoms with Crippen molar-refractivity contribution in [2.45, 2.75) is 6.18 Å². The average molecular weight is 298 g/mol. The number of primary amides is 1. The van der Waals surface area contributed by atoms with Crippen molar-refractivity contribution in [3.63, 3.8) is 0 Å². The van der Waals surface area contributed by atoms with E-state index in [2.05, 4.69) is 10.5 Å². The smallest absolute Gasteiger partial charge is 0.382 e. The summed E-state index contributed by atoms with van der Waals surface area (Å²) >= 11 is 0. The summed E-state index contributed by atoms with van der Waals surface area (Å²) in [4.78, 5) is 11.0. The molecule has 0 bridgehead atoms. The number of amides is 1. The SMILES string of the molecule is N#C/C(=N\Nc1cc(C(N)=O)cc(C(F)(F)F)c1)C(=N)N. The third-order valence-corrected chi connectivity index (χ3v) is 2.20. The van der Waals surface area contributed by atoms with Crippen LogP contribution in [0.2, 0.25) is 0 Å². The molecule has 1 aromatic rings. The Labute approximate surface area is 116 Å². The molecule has 0 atom stereocenters. The summed E-state index contributed by atoms with van der Waals surface area (Å²) in [7, 11) is 0. The van der Waals surface area contributed by atoms with Crippen LogP contribution in [0.3, 0.4) is 0 Å². The molecule has 0 aliphatic heterocycles. The van der Waals surface area contributed by atoms with E-state index < -0.39 is 29.2 Å². The fraction of sp³-hybridized carbons (Fsp3) is 0.0909. The van der Waals surface area contributed by atoms with Gasteiger partial charge >= 0.3 is 6.18 Å². The average Bonchev–Trinajstić information content (AvgIpc) is 2.37. The molecule has 110 valence electrons. The highest BCUT2D eigenvalue weighted by Gasteiger charge is 2.31. The lowest BCUT2D eigenvalue weighted by Gasteiger charge is -2.10. The van der Waals surface area contributed by atoms with E-state index in [1.165, 1.54) is 6.07 Å².